The zero-order valence-corrected chi connectivity index (χ0v) is 10.5. The van der Waals surface area contributed by atoms with Gasteiger partial charge in [-0.15, -0.1) is 5.10 Å². The molecule has 2 heterocycles. The summed E-state index contributed by atoms with van der Waals surface area (Å²) in [4.78, 5) is 22.1. The molecule has 104 valence electrons. The number of rotatable bonds is 6. The van der Waals surface area contributed by atoms with Crippen molar-refractivity contribution in [1.29, 1.82) is 0 Å². The van der Waals surface area contributed by atoms with E-state index in [0.29, 0.717) is 12.1 Å². The van der Waals surface area contributed by atoms with E-state index in [0.717, 1.165) is 19.4 Å². The Balaban J connectivity index is 1.73. The molecule has 8 nitrogen and oxygen atoms in total. The number of hydrogen-bond acceptors (Lipinski definition) is 5. The number of aliphatic carboxylic acids is 1. The van der Waals surface area contributed by atoms with Crippen molar-refractivity contribution in [1.82, 2.24) is 25.6 Å². The Morgan fingerprint density at radius 2 is 2.42 bits per heavy atom. The van der Waals surface area contributed by atoms with Gasteiger partial charge in [-0.3, -0.25) is 9.59 Å². The van der Waals surface area contributed by atoms with Crippen LogP contribution < -0.4 is 10.6 Å². The Kier molecular flexibility index (Phi) is 4.45. The van der Waals surface area contributed by atoms with Crippen LogP contribution in [0, 0.1) is 0 Å². The molecule has 1 amide bonds. The summed E-state index contributed by atoms with van der Waals surface area (Å²) in [5.41, 5.74) is 0.550. The summed E-state index contributed by atoms with van der Waals surface area (Å²) in [5.74, 6) is -1.01. The van der Waals surface area contributed by atoms with Gasteiger partial charge in [0.05, 0.1) is 12.7 Å². The summed E-state index contributed by atoms with van der Waals surface area (Å²) in [5, 5.41) is 22.0. The molecule has 0 spiro atoms. The fourth-order valence-corrected chi connectivity index (χ4v) is 2.05. The van der Waals surface area contributed by atoms with Crippen LogP contribution in [0.25, 0.3) is 0 Å². The quantitative estimate of drug-likeness (QED) is 0.617. The van der Waals surface area contributed by atoms with Gasteiger partial charge in [-0.1, -0.05) is 5.21 Å². The molecule has 1 aliphatic rings. The van der Waals surface area contributed by atoms with Gasteiger partial charge in [0.2, 0.25) is 5.91 Å². The summed E-state index contributed by atoms with van der Waals surface area (Å²) in [6.45, 7) is 1.01. The van der Waals surface area contributed by atoms with Crippen LogP contribution >= 0.6 is 0 Å². The van der Waals surface area contributed by atoms with Crippen molar-refractivity contribution >= 4 is 11.9 Å². The van der Waals surface area contributed by atoms with E-state index in [1.54, 1.807) is 0 Å². The Morgan fingerprint density at radius 3 is 3.11 bits per heavy atom. The predicted molar refractivity (Wildman–Crippen MR) is 65.1 cm³/mol. The van der Waals surface area contributed by atoms with Gasteiger partial charge in [0.15, 0.2) is 0 Å². The smallest absolute Gasteiger partial charge is 0.325 e. The highest BCUT2D eigenvalue weighted by Gasteiger charge is 2.17. The third kappa shape index (κ3) is 4.32. The van der Waals surface area contributed by atoms with Crippen molar-refractivity contribution in [2.45, 2.75) is 38.4 Å². The standard InChI is InChI=1S/C11H17N5O3/c17-10(4-8-2-1-3-12-8)13-5-9-6-16(15-14-9)7-11(18)19/h6,8,12H,1-5,7H2,(H,13,17)(H,18,19). The fraction of sp³-hybridized carbons (Fsp3) is 0.636. The SMILES string of the molecule is O=C(O)Cn1cc(CNC(=O)CC2CCCN2)nn1. The number of carbonyl (C=O) groups excluding carboxylic acids is 1. The van der Waals surface area contributed by atoms with E-state index >= 15 is 0 Å². The Bertz CT molecular complexity index is 453. The van der Waals surface area contributed by atoms with Crippen LogP contribution in [0.4, 0.5) is 0 Å². The van der Waals surface area contributed by atoms with Gasteiger partial charge < -0.3 is 15.7 Å². The molecular weight excluding hydrogens is 250 g/mol. The van der Waals surface area contributed by atoms with Crippen LogP contribution in [-0.2, 0) is 22.7 Å². The van der Waals surface area contributed by atoms with Crippen molar-refractivity contribution in [2.24, 2.45) is 0 Å². The van der Waals surface area contributed by atoms with E-state index in [1.165, 1.54) is 10.9 Å². The van der Waals surface area contributed by atoms with Crippen LogP contribution in [0.3, 0.4) is 0 Å². The monoisotopic (exact) mass is 267 g/mol. The second kappa shape index (κ2) is 6.28. The Labute approximate surface area is 110 Å². The lowest BCUT2D eigenvalue weighted by Gasteiger charge is -2.09. The topological polar surface area (TPSA) is 109 Å². The van der Waals surface area contributed by atoms with Gasteiger partial charge in [0.1, 0.15) is 12.2 Å². The summed E-state index contributed by atoms with van der Waals surface area (Å²) in [6, 6.07) is 0.266. The Hall–Kier alpha value is -1.96. The number of hydrogen-bond donors (Lipinski definition) is 3. The molecule has 0 radical (unpaired) electrons. The second-order valence-corrected chi connectivity index (χ2v) is 4.58. The van der Waals surface area contributed by atoms with E-state index < -0.39 is 5.97 Å². The summed E-state index contributed by atoms with van der Waals surface area (Å²) >= 11 is 0. The van der Waals surface area contributed by atoms with Crippen LogP contribution in [-0.4, -0.2) is 44.6 Å². The summed E-state index contributed by atoms with van der Waals surface area (Å²) < 4.78 is 1.22. The van der Waals surface area contributed by atoms with Gasteiger partial charge in [-0.2, -0.15) is 0 Å². The molecule has 19 heavy (non-hydrogen) atoms. The zero-order chi connectivity index (χ0) is 13.7. The summed E-state index contributed by atoms with van der Waals surface area (Å²) in [6.07, 6.45) is 4.12. The third-order valence-electron chi connectivity index (χ3n) is 2.94. The van der Waals surface area contributed by atoms with Gasteiger partial charge in [0, 0.05) is 12.5 Å². The van der Waals surface area contributed by atoms with E-state index in [9.17, 15) is 9.59 Å². The lowest BCUT2D eigenvalue weighted by molar-refractivity contribution is -0.138. The molecule has 0 saturated carbocycles. The van der Waals surface area contributed by atoms with Crippen LogP contribution in [0.1, 0.15) is 25.0 Å². The molecule has 1 unspecified atom stereocenters. The number of aromatic nitrogens is 3. The first kappa shape index (κ1) is 13.5. The molecule has 1 aliphatic heterocycles. The largest absolute Gasteiger partial charge is 0.480 e. The molecule has 0 aromatic carbocycles. The third-order valence-corrected chi connectivity index (χ3v) is 2.94. The van der Waals surface area contributed by atoms with E-state index in [2.05, 4.69) is 20.9 Å². The van der Waals surface area contributed by atoms with Crippen LogP contribution in [0.15, 0.2) is 6.20 Å². The number of amides is 1. The van der Waals surface area contributed by atoms with Crippen molar-refractivity contribution in [2.75, 3.05) is 6.54 Å². The molecule has 2 rings (SSSR count). The minimum atomic E-state index is -0.979. The van der Waals surface area contributed by atoms with Gasteiger partial charge in [-0.05, 0) is 19.4 Å². The van der Waals surface area contributed by atoms with Crippen molar-refractivity contribution in [3.8, 4) is 0 Å². The predicted octanol–water partition coefficient (Wildman–Crippen LogP) is -0.879. The second-order valence-electron chi connectivity index (χ2n) is 4.58. The zero-order valence-electron chi connectivity index (χ0n) is 10.5. The lowest BCUT2D eigenvalue weighted by Crippen LogP contribution is -2.31. The van der Waals surface area contributed by atoms with Crippen LogP contribution in [0.5, 0.6) is 0 Å². The number of carboxylic acid groups (broad SMARTS) is 1. The highest BCUT2D eigenvalue weighted by molar-refractivity contribution is 5.76. The molecule has 1 fully saturated rings. The maximum Gasteiger partial charge on any atom is 0.325 e. The Morgan fingerprint density at radius 1 is 1.58 bits per heavy atom. The highest BCUT2D eigenvalue weighted by Crippen LogP contribution is 2.08. The molecule has 0 aliphatic carbocycles. The van der Waals surface area contributed by atoms with Gasteiger partial charge in [-0.25, -0.2) is 4.68 Å². The average Bonchev–Trinajstić information content (AvgIpc) is 2.97. The molecule has 1 aromatic rings. The molecule has 3 N–H and O–H groups in total. The molecular formula is C11H17N5O3. The van der Waals surface area contributed by atoms with E-state index in [-0.39, 0.29) is 25.0 Å². The van der Waals surface area contributed by atoms with Crippen molar-refractivity contribution in [3.63, 3.8) is 0 Å². The average molecular weight is 267 g/mol. The molecule has 0 bridgehead atoms. The van der Waals surface area contributed by atoms with Crippen molar-refractivity contribution < 1.29 is 14.7 Å². The van der Waals surface area contributed by atoms with E-state index in [4.69, 9.17) is 5.11 Å². The normalized spacial score (nSPS) is 18.4. The molecule has 1 aromatic heterocycles. The van der Waals surface area contributed by atoms with Gasteiger partial charge in [0.25, 0.3) is 0 Å². The molecule has 1 saturated heterocycles. The van der Waals surface area contributed by atoms with Crippen LogP contribution in [0.2, 0.25) is 0 Å². The highest BCUT2D eigenvalue weighted by atomic mass is 16.4. The lowest BCUT2D eigenvalue weighted by atomic mass is 10.1. The first-order chi connectivity index (χ1) is 9.13. The maximum atomic E-state index is 11.7. The minimum absolute atomic E-state index is 0.0350. The number of nitrogens with zero attached hydrogens (tertiary/aromatic N) is 3. The fourth-order valence-electron chi connectivity index (χ4n) is 2.05. The first-order valence-corrected chi connectivity index (χ1v) is 6.24. The van der Waals surface area contributed by atoms with E-state index in [1.807, 2.05) is 0 Å². The van der Waals surface area contributed by atoms with Crippen molar-refractivity contribution in [3.05, 3.63) is 11.9 Å². The number of nitrogens with one attached hydrogen (secondary N) is 2. The minimum Gasteiger partial charge on any atom is -0.480 e. The maximum absolute atomic E-state index is 11.7. The van der Waals surface area contributed by atoms with Gasteiger partial charge >= 0.3 is 5.97 Å². The first-order valence-electron chi connectivity index (χ1n) is 6.24. The molecule has 8 heteroatoms. The molecule has 1 atom stereocenters. The summed E-state index contributed by atoms with van der Waals surface area (Å²) in [7, 11) is 0. The number of carboxylic acids is 1. The number of carbonyl (C=O) groups is 2.